The molecule has 0 heterocycles. The fraction of sp³-hybridized carbons (Fsp3) is 0. The third-order valence-electron chi connectivity index (χ3n) is 12.8. The van der Waals surface area contributed by atoms with Crippen molar-refractivity contribution in [3.8, 4) is 44.5 Å². The summed E-state index contributed by atoms with van der Waals surface area (Å²) < 4.78 is 0. The maximum atomic E-state index is 2.42. The van der Waals surface area contributed by atoms with Crippen LogP contribution in [0.15, 0.2) is 249 Å². The molecule has 294 valence electrons. The zero-order valence-electron chi connectivity index (χ0n) is 34.6. The zero-order valence-corrected chi connectivity index (χ0v) is 34.6. The predicted octanol–water partition coefficient (Wildman–Crippen LogP) is 17.6. The van der Waals surface area contributed by atoms with Gasteiger partial charge in [0.05, 0.1) is 0 Å². The molecule has 0 N–H and O–H groups in total. The normalized spacial score (nSPS) is 11.5. The first-order valence-electron chi connectivity index (χ1n) is 21.7. The molecule has 0 saturated carbocycles. The van der Waals surface area contributed by atoms with E-state index in [1.807, 2.05) is 0 Å². The van der Waals surface area contributed by atoms with Gasteiger partial charge >= 0.3 is 0 Å². The Morgan fingerprint density at radius 2 is 0.635 bits per heavy atom. The summed E-state index contributed by atoms with van der Waals surface area (Å²) in [6, 6.07) is 91.2. The van der Waals surface area contributed by atoms with Crippen molar-refractivity contribution in [2.24, 2.45) is 0 Å². The number of nitrogens with zero attached hydrogens (tertiary/aromatic N) is 1. The van der Waals surface area contributed by atoms with Crippen molar-refractivity contribution in [2.45, 2.75) is 0 Å². The minimum absolute atomic E-state index is 1.09. The fourth-order valence-corrected chi connectivity index (χ4v) is 9.78. The summed E-state index contributed by atoms with van der Waals surface area (Å²) >= 11 is 0. The Morgan fingerprint density at radius 3 is 1.35 bits per heavy atom. The first kappa shape index (κ1) is 36.6. The van der Waals surface area contributed by atoms with Gasteiger partial charge in [-0.3, -0.25) is 0 Å². The van der Waals surface area contributed by atoms with Crippen molar-refractivity contribution in [3.05, 3.63) is 249 Å². The largest absolute Gasteiger partial charge is 0.310 e. The lowest BCUT2D eigenvalue weighted by atomic mass is 9.84. The molecule has 12 aromatic carbocycles. The van der Waals surface area contributed by atoms with E-state index in [2.05, 4.69) is 254 Å². The van der Waals surface area contributed by atoms with E-state index in [4.69, 9.17) is 0 Å². The van der Waals surface area contributed by atoms with Gasteiger partial charge in [0, 0.05) is 17.1 Å². The molecule has 1 heteroatoms. The summed E-state index contributed by atoms with van der Waals surface area (Å²) in [7, 11) is 0. The van der Waals surface area contributed by atoms with Crippen LogP contribution in [0.25, 0.3) is 98.4 Å². The molecule has 0 radical (unpaired) electrons. The minimum atomic E-state index is 1.09. The molecule has 0 fully saturated rings. The van der Waals surface area contributed by atoms with E-state index in [0.29, 0.717) is 0 Å². The van der Waals surface area contributed by atoms with Gasteiger partial charge in [0.2, 0.25) is 0 Å². The summed E-state index contributed by atoms with van der Waals surface area (Å²) in [5, 5.41) is 12.5. The topological polar surface area (TPSA) is 3.24 Å². The van der Waals surface area contributed by atoms with Crippen LogP contribution in [-0.2, 0) is 0 Å². The van der Waals surface area contributed by atoms with Crippen molar-refractivity contribution < 1.29 is 0 Å². The summed E-state index contributed by atoms with van der Waals surface area (Å²) in [6.07, 6.45) is 0. The van der Waals surface area contributed by atoms with Crippen LogP contribution in [0.3, 0.4) is 0 Å². The Balaban J connectivity index is 1.05. The third kappa shape index (κ3) is 6.50. The number of rotatable bonds is 7. The molecule has 0 spiro atoms. The van der Waals surface area contributed by atoms with Gasteiger partial charge < -0.3 is 4.90 Å². The van der Waals surface area contributed by atoms with E-state index in [0.717, 1.165) is 22.6 Å². The van der Waals surface area contributed by atoms with E-state index >= 15 is 0 Å². The lowest BCUT2D eigenvalue weighted by molar-refractivity contribution is 1.29. The number of hydrogen-bond donors (Lipinski definition) is 0. The van der Waals surface area contributed by atoms with E-state index < -0.39 is 0 Å². The summed E-state index contributed by atoms with van der Waals surface area (Å²) in [5.41, 5.74) is 12.9. The SMILES string of the molecule is c1ccc(-c2c(-c3ccccc3)c3cc(-c4cccc(N(c5cccc(-c6ccc7ccccc7c6)c5)c5ccc6c(ccc7ccccc76)c5)c4)ccc3c3ccccc23)cc1. The molecule has 0 amide bonds. The summed E-state index contributed by atoms with van der Waals surface area (Å²) in [6.45, 7) is 0. The van der Waals surface area contributed by atoms with E-state index in [9.17, 15) is 0 Å². The molecule has 0 bridgehead atoms. The Kier molecular flexibility index (Phi) is 8.90. The second-order valence-corrected chi connectivity index (χ2v) is 16.5. The highest BCUT2D eigenvalue weighted by molar-refractivity contribution is 6.22. The van der Waals surface area contributed by atoms with Crippen LogP contribution in [0.5, 0.6) is 0 Å². The Hall–Kier alpha value is -8.26. The molecular weight excluding hydrogens is 759 g/mol. The molecule has 0 unspecified atom stereocenters. The van der Waals surface area contributed by atoms with Gasteiger partial charge in [0.15, 0.2) is 0 Å². The highest BCUT2D eigenvalue weighted by Gasteiger charge is 2.20. The van der Waals surface area contributed by atoms with Crippen LogP contribution in [0.4, 0.5) is 17.1 Å². The van der Waals surface area contributed by atoms with Gasteiger partial charge in [-0.25, -0.2) is 0 Å². The van der Waals surface area contributed by atoms with E-state index in [1.165, 1.54) is 92.8 Å². The number of fused-ring (bicyclic) bond motifs is 7. The molecule has 0 saturated heterocycles. The fourth-order valence-electron chi connectivity index (χ4n) is 9.78. The van der Waals surface area contributed by atoms with Crippen LogP contribution < -0.4 is 4.90 Å². The first-order chi connectivity index (χ1) is 31.2. The second kappa shape index (κ2) is 15.3. The first-order valence-corrected chi connectivity index (χ1v) is 21.7. The molecular formula is C62H41N. The number of anilines is 3. The summed E-state index contributed by atoms with van der Waals surface area (Å²) in [4.78, 5) is 2.42. The quantitative estimate of drug-likeness (QED) is 0.145. The van der Waals surface area contributed by atoms with Crippen LogP contribution >= 0.6 is 0 Å². The van der Waals surface area contributed by atoms with Gasteiger partial charge in [-0.2, -0.15) is 0 Å². The third-order valence-corrected chi connectivity index (χ3v) is 12.8. The van der Waals surface area contributed by atoms with Crippen LogP contribution in [0.2, 0.25) is 0 Å². The van der Waals surface area contributed by atoms with Crippen molar-refractivity contribution in [3.63, 3.8) is 0 Å². The molecule has 0 aliphatic rings. The van der Waals surface area contributed by atoms with Crippen molar-refractivity contribution in [1.29, 1.82) is 0 Å². The van der Waals surface area contributed by atoms with Crippen molar-refractivity contribution in [1.82, 2.24) is 0 Å². The van der Waals surface area contributed by atoms with Crippen LogP contribution in [-0.4, -0.2) is 0 Å². The molecule has 12 rings (SSSR count). The average Bonchev–Trinajstić information content (AvgIpc) is 3.36. The molecule has 0 aliphatic carbocycles. The van der Waals surface area contributed by atoms with Gasteiger partial charge in [0.25, 0.3) is 0 Å². The Labute approximate surface area is 367 Å². The highest BCUT2D eigenvalue weighted by Crippen LogP contribution is 2.46. The molecule has 0 aromatic heterocycles. The maximum Gasteiger partial charge on any atom is 0.0468 e. The van der Waals surface area contributed by atoms with Gasteiger partial charge in [-0.05, 0) is 147 Å². The monoisotopic (exact) mass is 799 g/mol. The summed E-state index contributed by atoms with van der Waals surface area (Å²) in [5.74, 6) is 0. The maximum absolute atomic E-state index is 2.42. The lowest BCUT2D eigenvalue weighted by Gasteiger charge is -2.27. The number of benzene rings is 12. The molecule has 12 aromatic rings. The zero-order chi connectivity index (χ0) is 41.7. The molecule has 63 heavy (non-hydrogen) atoms. The van der Waals surface area contributed by atoms with Gasteiger partial charge in [-0.15, -0.1) is 0 Å². The highest BCUT2D eigenvalue weighted by atomic mass is 15.1. The van der Waals surface area contributed by atoms with Gasteiger partial charge in [0.1, 0.15) is 0 Å². The Bertz CT molecular complexity index is 3680. The molecule has 0 aliphatic heterocycles. The van der Waals surface area contributed by atoms with Crippen molar-refractivity contribution >= 4 is 70.9 Å². The number of hydrogen-bond acceptors (Lipinski definition) is 1. The Morgan fingerprint density at radius 1 is 0.190 bits per heavy atom. The lowest BCUT2D eigenvalue weighted by Crippen LogP contribution is -2.10. The van der Waals surface area contributed by atoms with Crippen molar-refractivity contribution in [2.75, 3.05) is 4.90 Å². The van der Waals surface area contributed by atoms with E-state index in [-0.39, 0.29) is 0 Å². The smallest absolute Gasteiger partial charge is 0.0468 e. The molecule has 0 atom stereocenters. The predicted molar refractivity (Wildman–Crippen MR) is 270 cm³/mol. The van der Waals surface area contributed by atoms with Crippen LogP contribution in [0.1, 0.15) is 0 Å². The van der Waals surface area contributed by atoms with Gasteiger partial charge in [-0.1, -0.05) is 200 Å². The standard InChI is InChI=1S/C62H41N/c1-3-17-44(18-4-1)61-59-28-12-11-27-57(59)58-35-33-50(41-60(58)62(61)45-19-5-2-6-20-45)48-23-14-25-53(39-48)63(54-34-36-56-51(40-54)32-30-43-16-9-10-26-55(43)56)52-24-13-22-47(38-52)49-31-29-42-15-7-8-21-46(42)37-49/h1-41H. The average molecular weight is 800 g/mol. The second-order valence-electron chi connectivity index (χ2n) is 16.5. The molecule has 1 nitrogen and oxygen atoms in total. The minimum Gasteiger partial charge on any atom is -0.310 e. The van der Waals surface area contributed by atoms with E-state index in [1.54, 1.807) is 0 Å². The van der Waals surface area contributed by atoms with Crippen LogP contribution in [0, 0.1) is 0 Å².